The van der Waals surface area contributed by atoms with E-state index in [0.29, 0.717) is 24.0 Å². The van der Waals surface area contributed by atoms with Crippen molar-refractivity contribution in [3.05, 3.63) is 35.1 Å². The van der Waals surface area contributed by atoms with Gasteiger partial charge in [-0.15, -0.1) is 0 Å². The molecule has 1 aromatic carbocycles. The maximum absolute atomic E-state index is 13.4. The number of hydrogen-bond donors (Lipinski definition) is 1. The number of halogens is 1. The summed E-state index contributed by atoms with van der Waals surface area (Å²) in [5.41, 5.74) is 5.86. The number of carbonyl (C=O) groups is 1. The van der Waals surface area contributed by atoms with Crippen molar-refractivity contribution >= 4 is 5.97 Å². The first-order valence-corrected chi connectivity index (χ1v) is 4.75. The second-order valence-corrected chi connectivity index (χ2v) is 3.73. The van der Waals surface area contributed by atoms with E-state index in [1.54, 1.807) is 12.1 Å². The molecule has 0 saturated carbocycles. The number of esters is 1. The van der Waals surface area contributed by atoms with Crippen LogP contribution in [-0.4, -0.2) is 13.1 Å². The summed E-state index contributed by atoms with van der Waals surface area (Å²) in [7, 11) is 1.29. The highest BCUT2D eigenvalue weighted by atomic mass is 19.1. The van der Waals surface area contributed by atoms with Crippen molar-refractivity contribution in [3.63, 3.8) is 0 Å². The number of methoxy groups -OCH3 is 1. The fraction of sp³-hybridized carbons (Fsp3) is 0.364. The lowest BCUT2D eigenvalue weighted by atomic mass is 9.93. The van der Waals surface area contributed by atoms with Crippen LogP contribution in [0.2, 0.25) is 0 Å². The van der Waals surface area contributed by atoms with Gasteiger partial charge in [0, 0.05) is 0 Å². The zero-order valence-corrected chi connectivity index (χ0v) is 8.42. The van der Waals surface area contributed by atoms with Gasteiger partial charge in [-0.05, 0) is 30.0 Å². The van der Waals surface area contributed by atoms with Gasteiger partial charge in [0.1, 0.15) is 11.4 Å². The van der Waals surface area contributed by atoms with E-state index in [1.165, 1.54) is 13.2 Å². The van der Waals surface area contributed by atoms with Crippen LogP contribution in [0, 0.1) is 5.82 Å². The first-order valence-electron chi connectivity index (χ1n) is 4.75. The number of ether oxygens (including phenoxy) is 1. The molecule has 1 unspecified atom stereocenters. The first kappa shape index (κ1) is 10.1. The average molecular weight is 209 g/mol. The molecular weight excluding hydrogens is 197 g/mol. The molecule has 0 fully saturated rings. The molecule has 0 amide bonds. The van der Waals surface area contributed by atoms with Crippen LogP contribution in [-0.2, 0) is 21.5 Å². The molecule has 80 valence electrons. The van der Waals surface area contributed by atoms with E-state index in [0.717, 1.165) is 0 Å². The molecule has 1 atom stereocenters. The molecule has 2 rings (SSSR count). The van der Waals surface area contributed by atoms with Gasteiger partial charge in [0.05, 0.1) is 7.11 Å². The van der Waals surface area contributed by atoms with Gasteiger partial charge in [-0.2, -0.15) is 0 Å². The topological polar surface area (TPSA) is 52.3 Å². The lowest BCUT2D eigenvalue weighted by molar-refractivity contribution is -0.147. The number of fused-ring (bicyclic) bond motifs is 1. The largest absolute Gasteiger partial charge is 0.467 e. The maximum atomic E-state index is 13.4. The smallest absolute Gasteiger partial charge is 0.330 e. The van der Waals surface area contributed by atoms with E-state index in [9.17, 15) is 9.18 Å². The minimum Gasteiger partial charge on any atom is -0.467 e. The standard InChI is InChI=1S/C11H12FNO2/c1-15-10(14)11(13)6-5-7-8(11)3-2-4-9(7)12/h2-4H,5-6,13H2,1H3. The van der Waals surface area contributed by atoms with E-state index in [-0.39, 0.29) is 5.82 Å². The normalized spacial score (nSPS) is 23.7. The lowest BCUT2D eigenvalue weighted by Crippen LogP contribution is -2.43. The summed E-state index contributed by atoms with van der Waals surface area (Å²) in [6.45, 7) is 0. The van der Waals surface area contributed by atoms with Crippen molar-refractivity contribution in [1.29, 1.82) is 0 Å². The Bertz CT molecular complexity index is 419. The van der Waals surface area contributed by atoms with Crippen LogP contribution in [0.15, 0.2) is 18.2 Å². The minimum absolute atomic E-state index is 0.302. The van der Waals surface area contributed by atoms with Gasteiger partial charge >= 0.3 is 5.97 Å². The molecule has 0 spiro atoms. The maximum Gasteiger partial charge on any atom is 0.330 e. The molecule has 0 aromatic heterocycles. The first-order chi connectivity index (χ1) is 7.09. The van der Waals surface area contributed by atoms with Crippen LogP contribution in [0.25, 0.3) is 0 Å². The Morgan fingerprint density at radius 2 is 2.33 bits per heavy atom. The SMILES string of the molecule is COC(=O)C1(N)CCc2c(F)cccc21. The van der Waals surface area contributed by atoms with Crippen LogP contribution in [0.1, 0.15) is 17.5 Å². The highest BCUT2D eigenvalue weighted by Gasteiger charge is 2.43. The van der Waals surface area contributed by atoms with Crippen LogP contribution in [0.5, 0.6) is 0 Å². The van der Waals surface area contributed by atoms with Crippen LogP contribution in [0.4, 0.5) is 4.39 Å². The number of benzene rings is 1. The van der Waals surface area contributed by atoms with Gasteiger partial charge in [-0.3, -0.25) is 0 Å². The van der Waals surface area contributed by atoms with Gasteiger partial charge in [-0.1, -0.05) is 12.1 Å². The number of nitrogens with two attached hydrogens (primary N) is 1. The minimum atomic E-state index is -1.17. The molecule has 1 aliphatic carbocycles. The Labute approximate surface area is 87.0 Å². The predicted octanol–water partition coefficient (Wildman–Crippen LogP) is 1.10. The van der Waals surface area contributed by atoms with E-state index < -0.39 is 11.5 Å². The summed E-state index contributed by atoms with van der Waals surface area (Å²) in [5.74, 6) is -0.810. The van der Waals surface area contributed by atoms with E-state index in [2.05, 4.69) is 4.74 Å². The van der Waals surface area contributed by atoms with Gasteiger partial charge < -0.3 is 10.5 Å². The molecule has 0 saturated heterocycles. The fourth-order valence-corrected chi connectivity index (χ4v) is 2.08. The second-order valence-electron chi connectivity index (χ2n) is 3.73. The molecule has 4 heteroatoms. The van der Waals surface area contributed by atoms with Gasteiger partial charge in [0.15, 0.2) is 0 Å². The summed E-state index contributed by atoms with van der Waals surface area (Å²) in [6, 6.07) is 4.62. The molecule has 0 bridgehead atoms. The molecular formula is C11H12FNO2. The van der Waals surface area contributed by atoms with Gasteiger partial charge in [0.25, 0.3) is 0 Å². The van der Waals surface area contributed by atoms with Crippen molar-refractivity contribution in [2.45, 2.75) is 18.4 Å². The number of hydrogen-bond acceptors (Lipinski definition) is 3. The lowest BCUT2D eigenvalue weighted by Gasteiger charge is -2.21. The number of carbonyl (C=O) groups excluding carboxylic acids is 1. The third kappa shape index (κ3) is 1.33. The number of rotatable bonds is 1. The van der Waals surface area contributed by atoms with Crippen molar-refractivity contribution in [3.8, 4) is 0 Å². The quantitative estimate of drug-likeness (QED) is 0.704. The molecule has 2 N–H and O–H groups in total. The summed E-state index contributed by atoms with van der Waals surface area (Å²) >= 11 is 0. The molecule has 0 aliphatic heterocycles. The fourth-order valence-electron chi connectivity index (χ4n) is 2.08. The van der Waals surface area contributed by atoms with Crippen molar-refractivity contribution in [2.75, 3.05) is 7.11 Å². The highest BCUT2D eigenvalue weighted by molar-refractivity contribution is 5.84. The van der Waals surface area contributed by atoms with Crippen molar-refractivity contribution < 1.29 is 13.9 Å². The Hall–Kier alpha value is -1.42. The molecule has 1 aromatic rings. The van der Waals surface area contributed by atoms with Crippen LogP contribution < -0.4 is 5.73 Å². The zero-order valence-electron chi connectivity index (χ0n) is 8.42. The molecule has 15 heavy (non-hydrogen) atoms. The Morgan fingerprint density at radius 1 is 1.60 bits per heavy atom. The highest BCUT2D eigenvalue weighted by Crippen LogP contribution is 2.36. The van der Waals surface area contributed by atoms with E-state index in [4.69, 9.17) is 5.73 Å². The Kier molecular flexibility index (Phi) is 2.23. The Balaban J connectivity index is 2.53. The predicted molar refractivity (Wildman–Crippen MR) is 52.6 cm³/mol. The average Bonchev–Trinajstić information content (AvgIpc) is 2.59. The van der Waals surface area contributed by atoms with Crippen molar-refractivity contribution in [1.82, 2.24) is 0 Å². The van der Waals surface area contributed by atoms with Gasteiger partial charge in [-0.25, -0.2) is 9.18 Å². The third-order valence-electron chi connectivity index (χ3n) is 2.92. The molecule has 3 nitrogen and oxygen atoms in total. The van der Waals surface area contributed by atoms with E-state index >= 15 is 0 Å². The summed E-state index contributed by atoms with van der Waals surface area (Å²) < 4.78 is 18.0. The van der Waals surface area contributed by atoms with Crippen molar-refractivity contribution in [2.24, 2.45) is 5.73 Å². The summed E-state index contributed by atoms with van der Waals surface area (Å²) in [5, 5.41) is 0. The zero-order chi connectivity index (χ0) is 11.1. The monoisotopic (exact) mass is 209 g/mol. The van der Waals surface area contributed by atoms with E-state index in [1.807, 2.05) is 0 Å². The second kappa shape index (κ2) is 3.31. The summed E-state index contributed by atoms with van der Waals surface area (Å²) in [4.78, 5) is 11.5. The summed E-state index contributed by atoms with van der Waals surface area (Å²) in [6.07, 6.45) is 0.879. The van der Waals surface area contributed by atoms with Gasteiger partial charge in [0.2, 0.25) is 0 Å². The molecule has 0 heterocycles. The van der Waals surface area contributed by atoms with Crippen LogP contribution >= 0.6 is 0 Å². The third-order valence-corrected chi connectivity index (χ3v) is 2.92. The molecule has 0 radical (unpaired) electrons. The molecule has 1 aliphatic rings. The Morgan fingerprint density at radius 3 is 3.00 bits per heavy atom. The van der Waals surface area contributed by atoms with Crippen LogP contribution in [0.3, 0.4) is 0 Å².